The summed E-state index contributed by atoms with van der Waals surface area (Å²) in [6.45, 7) is 5.37. The van der Waals surface area contributed by atoms with Gasteiger partial charge in [-0.15, -0.1) is 0 Å². The van der Waals surface area contributed by atoms with Crippen LogP contribution in [0, 0.1) is 5.41 Å². The molecule has 1 saturated heterocycles. The maximum atomic E-state index is 12.5. The van der Waals surface area contributed by atoms with Crippen LogP contribution in [0.25, 0.3) is 0 Å². The molecule has 1 aliphatic heterocycles. The molecule has 0 amide bonds. The third-order valence-electron chi connectivity index (χ3n) is 5.30. The minimum atomic E-state index is -1.46. The van der Waals surface area contributed by atoms with Crippen molar-refractivity contribution in [2.75, 3.05) is 12.1 Å². The molecule has 0 spiro atoms. The molecule has 0 bridgehead atoms. The van der Waals surface area contributed by atoms with Crippen LogP contribution in [0.3, 0.4) is 0 Å². The average Bonchev–Trinajstić information content (AvgIpc) is 3.03. The lowest BCUT2D eigenvalue weighted by molar-refractivity contribution is -0.0559. The van der Waals surface area contributed by atoms with Crippen molar-refractivity contribution in [1.82, 2.24) is 9.55 Å². The molecule has 3 rings (SSSR count). The summed E-state index contributed by atoms with van der Waals surface area (Å²) in [4.78, 5) is 16.2. The second kappa shape index (κ2) is 9.84. The zero-order valence-corrected chi connectivity index (χ0v) is 18.7. The second-order valence-corrected chi connectivity index (χ2v) is 9.13. The SMILES string of the molecule is CC(C)(C)C(OCc1cn([C@@H]2O[C@H](CO)[C@@H](O)[C@H]2O)c(=O)nc1NO)c1ccccc1Cl. The predicted octanol–water partition coefficient (Wildman–Crippen LogP) is 1.61. The molecular formula is C21H28ClN3O7. The van der Waals surface area contributed by atoms with Crippen LogP contribution < -0.4 is 11.2 Å². The van der Waals surface area contributed by atoms with Gasteiger partial charge in [0.2, 0.25) is 0 Å². The van der Waals surface area contributed by atoms with Crippen LogP contribution in [0.5, 0.6) is 0 Å². The highest BCUT2D eigenvalue weighted by Crippen LogP contribution is 2.40. The number of hydrogen-bond acceptors (Lipinski definition) is 9. The number of anilines is 1. The van der Waals surface area contributed by atoms with E-state index >= 15 is 0 Å². The number of halogens is 1. The summed E-state index contributed by atoms with van der Waals surface area (Å²) >= 11 is 6.38. The molecule has 1 fully saturated rings. The summed E-state index contributed by atoms with van der Waals surface area (Å²) in [6.07, 6.45) is -4.27. The fourth-order valence-electron chi connectivity index (χ4n) is 3.67. The number of benzene rings is 1. The highest BCUT2D eigenvalue weighted by atomic mass is 35.5. The first-order chi connectivity index (χ1) is 15.1. The van der Waals surface area contributed by atoms with E-state index in [1.165, 1.54) is 6.20 Å². The molecule has 176 valence electrons. The van der Waals surface area contributed by atoms with Gasteiger partial charge in [-0.25, -0.2) is 4.79 Å². The Balaban J connectivity index is 1.93. The van der Waals surface area contributed by atoms with Gasteiger partial charge in [0.25, 0.3) is 0 Å². The highest BCUT2D eigenvalue weighted by Gasteiger charge is 2.44. The van der Waals surface area contributed by atoms with Crippen LogP contribution in [0.1, 0.15) is 44.2 Å². The first kappa shape index (κ1) is 24.6. The highest BCUT2D eigenvalue weighted by molar-refractivity contribution is 6.31. The maximum Gasteiger partial charge on any atom is 0.351 e. The number of ether oxygens (including phenoxy) is 2. The quantitative estimate of drug-likeness (QED) is 0.381. The molecule has 2 aromatic rings. The molecule has 0 aliphatic carbocycles. The van der Waals surface area contributed by atoms with Gasteiger partial charge in [0, 0.05) is 16.8 Å². The van der Waals surface area contributed by atoms with E-state index in [0.717, 1.165) is 10.1 Å². The Morgan fingerprint density at radius 1 is 1.28 bits per heavy atom. The summed E-state index contributed by atoms with van der Waals surface area (Å²) < 4.78 is 12.6. The molecule has 32 heavy (non-hydrogen) atoms. The maximum absolute atomic E-state index is 12.5. The van der Waals surface area contributed by atoms with Gasteiger partial charge in [0.15, 0.2) is 12.0 Å². The molecule has 0 saturated carbocycles. The van der Waals surface area contributed by atoms with E-state index in [4.69, 9.17) is 21.1 Å². The lowest BCUT2D eigenvalue weighted by Crippen LogP contribution is -2.36. The van der Waals surface area contributed by atoms with Crippen molar-refractivity contribution in [3.63, 3.8) is 0 Å². The lowest BCUT2D eigenvalue weighted by atomic mass is 9.84. The number of rotatable bonds is 7. The molecule has 1 aliphatic rings. The molecule has 11 heteroatoms. The summed E-state index contributed by atoms with van der Waals surface area (Å²) in [7, 11) is 0. The average molecular weight is 470 g/mol. The second-order valence-electron chi connectivity index (χ2n) is 8.72. The molecule has 5 N–H and O–H groups in total. The molecule has 10 nitrogen and oxygen atoms in total. The van der Waals surface area contributed by atoms with Crippen LogP contribution in [0.2, 0.25) is 5.02 Å². The Kier molecular flexibility index (Phi) is 7.56. The predicted molar refractivity (Wildman–Crippen MR) is 115 cm³/mol. The minimum Gasteiger partial charge on any atom is -0.394 e. The van der Waals surface area contributed by atoms with Crippen molar-refractivity contribution < 1.29 is 30.0 Å². The summed E-state index contributed by atoms with van der Waals surface area (Å²) in [6, 6.07) is 7.30. The van der Waals surface area contributed by atoms with Crippen molar-refractivity contribution in [3.8, 4) is 0 Å². The van der Waals surface area contributed by atoms with Gasteiger partial charge in [-0.05, 0) is 17.0 Å². The zero-order chi connectivity index (χ0) is 23.6. The van der Waals surface area contributed by atoms with Crippen LogP contribution in [0.4, 0.5) is 5.82 Å². The summed E-state index contributed by atoms with van der Waals surface area (Å²) in [5.74, 6) is -0.121. The molecule has 0 radical (unpaired) electrons. The molecular weight excluding hydrogens is 442 g/mol. The fourth-order valence-corrected chi connectivity index (χ4v) is 3.91. The largest absolute Gasteiger partial charge is 0.394 e. The van der Waals surface area contributed by atoms with Gasteiger partial charge >= 0.3 is 5.69 Å². The number of nitrogens with zero attached hydrogens (tertiary/aromatic N) is 2. The fraction of sp³-hybridized carbons (Fsp3) is 0.524. The monoisotopic (exact) mass is 469 g/mol. The third kappa shape index (κ3) is 4.96. The standard InChI is InChI=1S/C21H28ClN3O7/c1-21(2,3)17(12-6-4-5-7-13(12)22)31-10-11-8-25(20(29)23-18(11)24-30)19-16(28)15(27)14(9-26)32-19/h4-8,14-17,19,26-28,30H,9-10H2,1-3H3,(H,23,24,29)/t14-,15-,16-,17?,19-/m1/s1. The van der Waals surface area contributed by atoms with Crippen molar-refractivity contribution >= 4 is 17.4 Å². The van der Waals surface area contributed by atoms with Gasteiger partial charge in [0.1, 0.15) is 18.3 Å². The number of aliphatic hydroxyl groups is 3. The van der Waals surface area contributed by atoms with Crippen LogP contribution in [-0.4, -0.2) is 55.0 Å². The number of nitrogens with one attached hydrogen (secondary N) is 1. The van der Waals surface area contributed by atoms with Gasteiger partial charge in [-0.2, -0.15) is 4.98 Å². The van der Waals surface area contributed by atoms with E-state index in [2.05, 4.69) is 4.98 Å². The molecule has 1 unspecified atom stereocenters. The first-order valence-electron chi connectivity index (χ1n) is 10.1. The Bertz CT molecular complexity index is 994. The molecule has 1 aromatic carbocycles. The first-order valence-corrected chi connectivity index (χ1v) is 10.5. The summed E-state index contributed by atoms with van der Waals surface area (Å²) in [5, 5.41) is 39.6. The minimum absolute atomic E-state index is 0.0713. The smallest absolute Gasteiger partial charge is 0.351 e. The Labute approximate surface area is 190 Å². The third-order valence-corrected chi connectivity index (χ3v) is 5.65. The van der Waals surface area contributed by atoms with Crippen LogP contribution in [-0.2, 0) is 16.1 Å². The Morgan fingerprint density at radius 3 is 2.53 bits per heavy atom. The van der Waals surface area contributed by atoms with Crippen molar-refractivity contribution in [2.45, 2.75) is 58.0 Å². The number of hydrogen-bond donors (Lipinski definition) is 5. The van der Waals surface area contributed by atoms with E-state index in [0.29, 0.717) is 10.6 Å². The van der Waals surface area contributed by atoms with E-state index in [1.807, 2.05) is 44.5 Å². The molecule has 5 atom stereocenters. The lowest BCUT2D eigenvalue weighted by Gasteiger charge is -2.32. The van der Waals surface area contributed by atoms with Gasteiger partial charge < -0.3 is 24.8 Å². The van der Waals surface area contributed by atoms with E-state index in [9.17, 15) is 25.3 Å². The van der Waals surface area contributed by atoms with Gasteiger partial charge in [-0.1, -0.05) is 50.6 Å². The van der Waals surface area contributed by atoms with E-state index < -0.39 is 42.9 Å². The van der Waals surface area contributed by atoms with Gasteiger partial charge in [0.05, 0.1) is 19.3 Å². The Hall–Kier alpha value is -2.05. The van der Waals surface area contributed by atoms with E-state index in [1.54, 1.807) is 6.07 Å². The normalized spacial score (nSPS) is 24.5. The van der Waals surface area contributed by atoms with Crippen molar-refractivity contribution in [1.29, 1.82) is 0 Å². The van der Waals surface area contributed by atoms with E-state index in [-0.39, 0.29) is 17.8 Å². The number of aliphatic hydroxyl groups excluding tert-OH is 3. The van der Waals surface area contributed by atoms with Crippen LogP contribution >= 0.6 is 11.6 Å². The molecule has 1 aromatic heterocycles. The Morgan fingerprint density at radius 2 is 1.97 bits per heavy atom. The summed E-state index contributed by atoms with van der Waals surface area (Å²) in [5.41, 5.74) is 1.79. The van der Waals surface area contributed by atoms with Crippen molar-refractivity contribution in [3.05, 3.63) is 57.1 Å². The zero-order valence-electron chi connectivity index (χ0n) is 18.0. The van der Waals surface area contributed by atoms with Crippen LogP contribution in [0.15, 0.2) is 35.3 Å². The topological polar surface area (TPSA) is 146 Å². The van der Waals surface area contributed by atoms with Gasteiger partial charge in [-0.3, -0.25) is 15.3 Å². The van der Waals surface area contributed by atoms with Crippen molar-refractivity contribution in [2.24, 2.45) is 5.41 Å². The molecule has 2 heterocycles. The number of aromatic nitrogens is 2.